The van der Waals surface area contributed by atoms with E-state index in [1.165, 1.54) is 0 Å². The van der Waals surface area contributed by atoms with Crippen molar-refractivity contribution in [2.24, 2.45) is 5.84 Å². The minimum absolute atomic E-state index is 0.240. The summed E-state index contributed by atoms with van der Waals surface area (Å²) in [6, 6.07) is 8.04. The van der Waals surface area contributed by atoms with Gasteiger partial charge in [-0.1, -0.05) is 29.8 Å². The molecular formula is C11H15ClN2S. The van der Waals surface area contributed by atoms with Crippen molar-refractivity contribution in [1.29, 1.82) is 0 Å². The molecule has 0 radical (unpaired) electrons. The lowest BCUT2D eigenvalue weighted by molar-refractivity contribution is 0.585. The molecule has 1 rings (SSSR count). The summed E-state index contributed by atoms with van der Waals surface area (Å²) in [5.74, 6) is 6.30. The Morgan fingerprint density at radius 3 is 2.87 bits per heavy atom. The van der Waals surface area contributed by atoms with Crippen molar-refractivity contribution in [3.63, 3.8) is 0 Å². The normalized spacial score (nSPS) is 12.4. The van der Waals surface area contributed by atoms with E-state index in [0.717, 1.165) is 22.1 Å². The third-order valence-electron chi connectivity index (χ3n) is 1.96. The summed E-state index contributed by atoms with van der Waals surface area (Å²) in [4.78, 5) is 1.09. The third-order valence-corrected chi connectivity index (χ3v) is 3.64. The van der Waals surface area contributed by atoms with Crippen LogP contribution < -0.4 is 11.3 Å². The highest BCUT2D eigenvalue weighted by Gasteiger charge is 2.06. The number of rotatable bonds is 6. The van der Waals surface area contributed by atoms with Crippen molar-refractivity contribution in [3.05, 3.63) is 41.9 Å². The molecule has 0 bridgehead atoms. The molecule has 0 aliphatic heterocycles. The van der Waals surface area contributed by atoms with E-state index in [1.54, 1.807) is 11.8 Å². The molecule has 0 spiro atoms. The number of nitrogens with two attached hydrogens (primary N) is 1. The van der Waals surface area contributed by atoms with Crippen LogP contribution in [0.2, 0.25) is 5.02 Å². The van der Waals surface area contributed by atoms with Gasteiger partial charge in [-0.3, -0.25) is 11.3 Å². The Bertz CT molecular complexity index is 317. The van der Waals surface area contributed by atoms with Crippen molar-refractivity contribution in [2.45, 2.75) is 17.4 Å². The smallest absolute Gasteiger partial charge is 0.0541 e. The van der Waals surface area contributed by atoms with Gasteiger partial charge in [-0.05, 0) is 18.6 Å². The van der Waals surface area contributed by atoms with E-state index in [4.69, 9.17) is 17.4 Å². The summed E-state index contributed by atoms with van der Waals surface area (Å²) < 4.78 is 0. The highest BCUT2D eigenvalue weighted by Crippen LogP contribution is 2.27. The summed E-state index contributed by atoms with van der Waals surface area (Å²) in [5.41, 5.74) is 2.76. The quantitative estimate of drug-likeness (QED) is 0.349. The molecule has 0 saturated heterocycles. The van der Waals surface area contributed by atoms with Crippen LogP contribution in [0, 0.1) is 0 Å². The van der Waals surface area contributed by atoms with Crippen LogP contribution in [0.5, 0.6) is 0 Å². The molecule has 1 aromatic rings. The monoisotopic (exact) mass is 242 g/mol. The maximum atomic E-state index is 6.04. The average Bonchev–Trinajstić information content (AvgIpc) is 2.26. The van der Waals surface area contributed by atoms with Gasteiger partial charge in [0.15, 0.2) is 0 Å². The average molecular weight is 243 g/mol. The maximum absolute atomic E-state index is 6.04. The lowest BCUT2D eigenvalue weighted by atomic mass is 10.2. The van der Waals surface area contributed by atoms with Crippen molar-refractivity contribution >= 4 is 23.4 Å². The summed E-state index contributed by atoms with van der Waals surface area (Å²) in [6.07, 6.45) is 2.71. The van der Waals surface area contributed by atoms with E-state index >= 15 is 0 Å². The lowest BCUT2D eigenvalue weighted by Gasteiger charge is -2.13. The van der Waals surface area contributed by atoms with Crippen molar-refractivity contribution in [3.8, 4) is 0 Å². The molecule has 82 valence electrons. The van der Waals surface area contributed by atoms with Crippen LogP contribution in [-0.2, 0) is 0 Å². The van der Waals surface area contributed by atoms with Crippen LogP contribution >= 0.6 is 23.4 Å². The number of hydrazine groups is 1. The van der Waals surface area contributed by atoms with Gasteiger partial charge in [-0.15, -0.1) is 18.3 Å². The summed E-state index contributed by atoms with van der Waals surface area (Å²) in [5, 5.41) is 0.789. The Labute approximate surface area is 99.9 Å². The zero-order valence-electron chi connectivity index (χ0n) is 8.45. The Kier molecular flexibility index (Phi) is 5.79. The summed E-state index contributed by atoms with van der Waals surface area (Å²) in [6.45, 7) is 3.69. The fraction of sp³-hybridized carbons (Fsp3) is 0.273. The van der Waals surface area contributed by atoms with Gasteiger partial charge in [0.05, 0.1) is 5.02 Å². The summed E-state index contributed by atoms with van der Waals surface area (Å²) in [7, 11) is 0. The molecule has 1 unspecified atom stereocenters. The molecule has 1 aromatic carbocycles. The van der Waals surface area contributed by atoms with Crippen LogP contribution in [0.1, 0.15) is 6.42 Å². The maximum Gasteiger partial charge on any atom is 0.0541 e. The predicted octanol–water partition coefficient (Wildman–Crippen LogP) is 2.84. The highest BCUT2D eigenvalue weighted by molar-refractivity contribution is 7.99. The second-order valence-corrected chi connectivity index (χ2v) is 4.60. The molecule has 0 amide bonds. The van der Waals surface area contributed by atoms with Gasteiger partial charge in [0.2, 0.25) is 0 Å². The zero-order chi connectivity index (χ0) is 11.1. The summed E-state index contributed by atoms with van der Waals surface area (Å²) >= 11 is 7.73. The van der Waals surface area contributed by atoms with Crippen LogP contribution in [-0.4, -0.2) is 11.8 Å². The zero-order valence-corrected chi connectivity index (χ0v) is 10.0. The largest absolute Gasteiger partial charge is 0.271 e. The molecule has 15 heavy (non-hydrogen) atoms. The highest BCUT2D eigenvalue weighted by atomic mass is 35.5. The molecule has 4 heteroatoms. The van der Waals surface area contributed by atoms with E-state index in [9.17, 15) is 0 Å². The minimum atomic E-state index is 0.240. The van der Waals surface area contributed by atoms with Crippen LogP contribution in [0.4, 0.5) is 0 Å². The van der Waals surface area contributed by atoms with Gasteiger partial charge >= 0.3 is 0 Å². The van der Waals surface area contributed by atoms with E-state index in [1.807, 2.05) is 30.3 Å². The molecule has 0 aliphatic carbocycles. The Morgan fingerprint density at radius 1 is 1.53 bits per heavy atom. The second kappa shape index (κ2) is 6.90. The van der Waals surface area contributed by atoms with E-state index in [-0.39, 0.29) is 6.04 Å². The van der Waals surface area contributed by atoms with Gasteiger partial charge < -0.3 is 0 Å². The van der Waals surface area contributed by atoms with E-state index < -0.39 is 0 Å². The minimum Gasteiger partial charge on any atom is -0.271 e. The predicted molar refractivity (Wildman–Crippen MR) is 68.1 cm³/mol. The van der Waals surface area contributed by atoms with Gasteiger partial charge in [0.25, 0.3) is 0 Å². The molecule has 0 aromatic heterocycles. The molecule has 0 fully saturated rings. The number of nitrogens with one attached hydrogen (secondary N) is 1. The van der Waals surface area contributed by atoms with Gasteiger partial charge in [0.1, 0.15) is 0 Å². The third kappa shape index (κ3) is 4.26. The Balaban J connectivity index is 2.48. The van der Waals surface area contributed by atoms with Crippen LogP contribution in [0.3, 0.4) is 0 Å². The first-order valence-corrected chi connectivity index (χ1v) is 6.08. The van der Waals surface area contributed by atoms with Crippen LogP contribution in [0.25, 0.3) is 0 Å². The Morgan fingerprint density at radius 2 is 2.27 bits per heavy atom. The molecule has 1 atom stereocenters. The molecule has 0 saturated carbocycles. The van der Waals surface area contributed by atoms with E-state index in [2.05, 4.69) is 12.0 Å². The molecule has 0 heterocycles. The first kappa shape index (κ1) is 12.6. The topological polar surface area (TPSA) is 38.0 Å². The standard InChI is InChI=1S/C11H15ClN2S/c1-2-5-9(14-13)8-15-11-7-4-3-6-10(11)12/h2-4,6-7,9,14H,1,5,8,13H2. The van der Waals surface area contributed by atoms with Gasteiger partial charge in [0, 0.05) is 16.7 Å². The van der Waals surface area contributed by atoms with Crippen molar-refractivity contribution in [1.82, 2.24) is 5.43 Å². The SMILES string of the molecule is C=CCC(CSc1ccccc1Cl)NN. The van der Waals surface area contributed by atoms with Gasteiger partial charge in [-0.25, -0.2) is 0 Å². The number of hydrogen-bond acceptors (Lipinski definition) is 3. The molecule has 0 aliphatic rings. The van der Waals surface area contributed by atoms with Crippen molar-refractivity contribution in [2.75, 3.05) is 5.75 Å². The Hall–Kier alpha value is -0.480. The molecule has 2 nitrogen and oxygen atoms in total. The number of hydrogen-bond donors (Lipinski definition) is 2. The first-order chi connectivity index (χ1) is 7.27. The fourth-order valence-electron chi connectivity index (χ4n) is 1.14. The number of halogens is 1. The van der Waals surface area contributed by atoms with Crippen LogP contribution in [0.15, 0.2) is 41.8 Å². The molecule has 3 N–H and O–H groups in total. The number of benzene rings is 1. The number of thioether (sulfide) groups is 1. The van der Waals surface area contributed by atoms with Gasteiger partial charge in [-0.2, -0.15) is 0 Å². The molecular weight excluding hydrogens is 228 g/mol. The fourth-order valence-corrected chi connectivity index (χ4v) is 2.43. The first-order valence-electron chi connectivity index (χ1n) is 4.72. The second-order valence-electron chi connectivity index (χ2n) is 3.13. The van der Waals surface area contributed by atoms with Crippen molar-refractivity contribution < 1.29 is 0 Å². The lowest BCUT2D eigenvalue weighted by Crippen LogP contribution is -2.36. The van der Waals surface area contributed by atoms with E-state index in [0.29, 0.717) is 0 Å².